The van der Waals surface area contributed by atoms with Crippen LogP contribution in [0, 0.1) is 0 Å². The van der Waals surface area contributed by atoms with E-state index >= 15 is 0 Å². The monoisotopic (exact) mass is 310 g/mol. The fourth-order valence-corrected chi connectivity index (χ4v) is 3.36. The van der Waals surface area contributed by atoms with Crippen molar-refractivity contribution in [1.82, 2.24) is 9.99 Å². The SMILES string of the molecule is NN1CCc2cc3c(cc2CC1)N(Cc1ccccn1)CCO3. The first kappa shape index (κ1) is 14.5. The van der Waals surface area contributed by atoms with E-state index < -0.39 is 0 Å². The Morgan fingerprint density at radius 2 is 1.91 bits per heavy atom. The van der Waals surface area contributed by atoms with Gasteiger partial charge in [-0.05, 0) is 48.2 Å². The van der Waals surface area contributed by atoms with Crippen molar-refractivity contribution < 1.29 is 4.74 Å². The zero-order valence-electron chi connectivity index (χ0n) is 13.2. The van der Waals surface area contributed by atoms with Crippen LogP contribution in [0.1, 0.15) is 16.8 Å². The zero-order chi connectivity index (χ0) is 15.6. The molecule has 0 radical (unpaired) electrons. The molecule has 23 heavy (non-hydrogen) atoms. The molecule has 5 heteroatoms. The number of hydrogen-bond acceptors (Lipinski definition) is 5. The number of hydrazine groups is 1. The van der Waals surface area contributed by atoms with Gasteiger partial charge in [0.1, 0.15) is 12.4 Å². The highest BCUT2D eigenvalue weighted by Crippen LogP contribution is 2.36. The molecule has 120 valence electrons. The first-order chi connectivity index (χ1) is 11.3. The molecule has 3 heterocycles. The third-order valence-electron chi connectivity index (χ3n) is 4.66. The second-order valence-corrected chi connectivity index (χ2v) is 6.22. The lowest BCUT2D eigenvalue weighted by Gasteiger charge is -2.32. The Morgan fingerprint density at radius 1 is 1.09 bits per heavy atom. The lowest BCUT2D eigenvalue weighted by molar-refractivity contribution is 0.298. The normalized spacial score (nSPS) is 17.9. The average Bonchev–Trinajstić information content (AvgIpc) is 2.76. The Hall–Kier alpha value is -2.11. The predicted octanol–water partition coefficient (Wildman–Crippen LogP) is 1.75. The molecule has 0 fully saturated rings. The molecule has 0 saturated carbocycles. The van der Waals surface area contributed by atoms with Gasteiger partial charge in [-0.25, -0.2) is 5.01 Å². The molecular formula is C18H22N4O. The molecule has 2 aliphatic rings. The van der Waals surface area contributed by atoms with Crippen LogP contribution in [0.15, 0.2) is 36.5 Å². The van der Waals surface area contributed by atoms with Crippen LogP contribution in [-0.4, -0.2) is 36.2 Å². The number of aromatic nitrogens is 1. The highest BCUT2D eigenvalue weighted by molar-refractivity contribution is 5.63. The summed E-state index contributed by atoms with van der Waals surface area (Å²) in [5, 5.41) is 1.91. The van der Waals surface area contributed by atoms with Gasteiger partial charge in [0.25, 0.3) is 0 Å². The van der Waals surface area contributed by atoms with Crippen LogP contribution in [0.3, 0.4) is 0 Å². The van der Waals surface area contributed by atoms with E-state index in [2.05, 4.69) is 28.1 Å². The van der Waals surface area contributed by atoms with Crippen LogP contribution in [0.4, 0.5) is 5.69 Å². The van der Waals surface area contributed by atoms with Crippen LogP contribution in [0.2, 0.25) is 0 Å². The lowest BCUT2D eigenvalue weighted by atomic mass is 10.0. The fraction of sp³-hybridized carbons (Fsp3) is 0.389. The van der Waals surface area contributed by atoms with Gasteiger partial charge >= 0.3 is 0 Å². The van der Waals surface area contributed by atoms with Crippen LogP contribution in [0.25, 0.3) is 0 Å². The third kappa shape index (κ3) is 3.02. The minimum absolute atomic E-state index is 0.724. The van der Waals surface area contributed by atoms with E-state index in [4.69, 9.17) is 10.6 Å². The number of anilines is 1. The van der Waals surface area contributed by atoms with Crippen molar-refractivity contribution in [3.05, 3.63) is 53.3 Å². The highest BCUT2D eigenvalue weighted by Gasteiger charge is 2.22. The number of rotatable bonds is 2. The van der Waals surface area contributed by atoms with Gasteiger partial charge in [0.05, 0.1) is 24.5 Å². The summed E-state index contributed by atoms with van der Waals surface area (Å²) in [5.41, 5.74) is 5.04. The quantitative estimate of drug-likeness (QED) is 0.857. The molecule has 1 aromatic carbocycles. The smallest absolute Gasteiger partial charge is 0.142 e. The largest absolute Gasteiger partial charge is 0.490 e. The molecule has 0 unspecified atom stereocenters. The lowest BCUT2D eigenvalue weighted by Crippen LogP contribution is -2.33. The topological polar surface area (TPSA) is 54.6 Å². The van der Waals surface area contributed by atoms with Crippen molar-refractivity contribution in [3.63, 3.8) is 0 Å². The van der Waals surface area contributed by atoms with Crippen molar-refractivity contribution in [2.75, 3.05) is 31.1 Å². The number of nitrogens with two attached hydrogens (primary N) is 1. The highest BCUT2D eigenvalue weighted by atomic mass is 16.5. The molecule has 0 bridgehead atoms. The molecule has 0 spiro atoms. The minimum atomic E-state index is 0.724. The van der Waals surface area contributed by atoms with E-state index in [1.807, 2.05) is 23.3 Å². The number of benzene rings is 1. The standard InChI is InChI=1S/C18H22N4O/c19-22-7-4-14-11-17-18(12-15(14)5-8-22)23-10-9-21(17)13-16-3-1-2-6-20-16/h1-3,6,11-12H,4-5,7-10,13,19H2. The Morgan fingerprint density at radius 3 is 2.70 bits per heavy atom. The zero-order valence-corrected chi connectivity index (χ0v) is 13.2. The summed E-state index contributed by atoms with van der Waals surface area (Å²) in [4.78, 5) is 6.82. The minimum Gasteiger partial charge on any atom is -0.490 e. The molecule has 5 nitrogen and oxygen atoms in total. The second kappa shape index (κ2) is 6.18. The Balaban J connectivity index is 1.65. The van der Waals surface area contributed by atoms with E-state index in [-0.39, 0.29) is 0 Å². The average molecular weight is 310 g/mol. The van der Waals surface area contributed by atoms with Gasteiger partial charge in [-0.1, -0.05) is 6.07 Å². The summed E-state index contributed by atoms with van der Waals surface area (Å²) in [6, 6.07) is 10.6. The molecular weight excluding hydrogens is 288 g/mol. The summed E-state index contributed by atoms with van der Waals surface area (Å²) in [7, 11) is 0. The van der Waals surface area contributed by atoms with Crippen molar-refractivity contribution in [2.45, 2.75) is 19.4 Å². The third-order valence-corrected chi connectivity index (χ3v) is 4.66. The Bertz CT molecular complexity index is 689. The molecule has 2 aliphatic heterocycles. The van der Waals surface area contributed by atoms with Gasteiger partial charge in [-0.3, -0.25) is 10.8 Å². The summed E-state index contributed by atoms with van der Waals surface area (Å²) in [5.74, 6) is 6.98. The van der Waals surface area contributed by atoms with Crippen LogP contribution in [-0.2, 0) is 19.4 Å². The van der Waals surface area contributed by atoms with Crippen LogP contribution >= 0.6 is 0 Å². The summed E-state index contributed by atoms with van der Waals surface area (Å²) < 4.78 is 5.92. The molecule has 1 aromatic heterocycles. The maximum Gasteiger partial charge on any atom is 0.142 e. The van der Waals surface area contributed by atoms with Gasteiger partial charge in [-0.2, -0.15) is 0 Å². The molecule has 2 aromatic rings. The van der Waals surface area contributed by atoms with Crippen molar-refractivity contribution in [2.24, 2.45) is 5.84 Å². The maximum atomic E-state index is 5.98. The molecule has 0 aliphatic carbocycles. The van der Waals surface area contributed by atoms with E-state index in [9.17, 15) is 0 Å². The second-order valence-electron chi connectivity index (χ2n) is 6.22. The first-order valence-corrected chi connectivity index (χ1v) is 8.23. The molecule has 0 saturated heterocycles. The van der Waals surface area contributed by atoms with Crippen LogP contribution < -0.4 is 15.5 Å². The van der Waals surface area contributed by atoms with Gasteiger partial charge in [-0.15, -0.1) is 0 Å². The number of pyridine rings is 1. The van der Waals surface area contributed by atoms with Gasteiger partial charge < -0.3 is 9.64 Å². The van der Waals surface area contributed by atoms with E-state index in [1.165, 1.54) is 16.8 Å². The van der Waals surface area contributed by atoms with Crippen molar-refractivity contribution in [1.29, 1.82) is 0 Å². The van der Waals surface area contributed by atoms with E-state index in [0.29, 0.717) is 0 Å². The molecule has 0 atom stereocenters. The van der Waals surface area contributed by atoms with Gasteiger partial charge in [0, 0.05) is 19.3 Å². The van der Waals surface area contributed by atoms with Gasteiger partial charge in [0.2, 0.25) is 0 Å². The van der Waals surface area contributed by atoms with E-state index in [1.54, 1.807) is 0 Å². The van der Waals surface area contributed by atoms with Crippen molar-refractivity contribution in [3.8, 4) is 5.75 Å². The number of hydrogen-bond donors (Lipinski definition) is 1. The first-order valence-electron chi connectivity index (χ1n) is 8.23. The van der Waals surface area contributed by atoms with E-state index in [0.717, 1.165) is 57.1 Å². The predicted molar refractivity (Wildman–Crippen MR) is 90.4 cm³/mol. The number of fused-ring (bicyclic) bond motifs is 2. The molecule has 0 amide bonds. The summed E-state index contributed by atoms with van der Waals surface area (Å²) >= 11 is 0. The summed E-state index contributed by atoms with van der Waals surface area (Å²) in [6.45, 7) is 4.25. The fourth-order valence-electron chi connectivity index (χ4n) is 3.36. The Kier molecular flexibility index (Phi) is 3.89. The number of nitrogens with zero attached hydrogens (tertiary/aromatic N) is 3. The molecule has 2 N–H and O–H groups in total. The summed E-state index contributed by atoms with van der Waals surface area (Å²) in [6.07, 6.45) is 3.84. The van der Waals surface area contributed by atoms with Crippen molar-refractivity contribution >= 4 is 5.69 Å². The number of ether oxygens (including phenoxy) is 1. The van der Waals surface area contributed by atoms with Gasteiger partial charge in [0.15, 0.2) is 0 Å². The molecule has 4 rings (SSSR count). The Labute approximate surface area is 136 Å². The maximum absolute atomic E-state index is 5.98. The van der Waals surface area contributed by atoms with Crippen LogP contribution in [0.5, 0.6) is 5.75 Å².